The van der Waals surface area contributed by atoms with Crippen LogP contribution in [0.25, 0.3) is 0 Å². The minimum Gasteiger partial charge on any atom is -0.514 e. The van der Waals surface area contributed by atoms with E-state index in [9.17, 15) is 0 Å². The molecule has 0 spiro atoms. The van der Waals surface area contributed by atoms with Gasteiger partial charge in [-0.05, 0) is 6.26 Å². The maximum atomic E-state index is 8.34. The minimum atomic E-state index is 0.150. The molecule has 0 saturated heterocycles. The summed E-state index contributed by atoms with van der Waals surface area (Å²) in [4.78, 5) is 0. The van der Waals surface area contributed by atoms with Gasteiger partial charge in [0.15, 0.2) is 0 Å². The van der Waals surface area contributed by atoms with E-state index in [1.807, 2.05) is 0 Å². The van der Waals surface area contributed by atoms with Gasteiger partial charge in [0.2, 0.25) is 0 Å². The first-order valence-corrected chi connectivity index (χ1v) is 3.72. The first-order valence-electron chi connectivity index (χ1n) is 2.09. The van der Waals surface area contributed by atoms with Gasteiger partial charge in [-0.1, -0.05) is 12.2 Å². The zero-order valence-electron chi connectivity index (χ0n) is 4.79. The second-order valence-electron chi connectivity index (χ2n) is 1.15. The van der Waals surface area contributed by atoms with Crippen molar-refractivity contribution in [3.8, 4) is 6.07 Å². The van der Waals surface area contributed by atoms with Gasteiger partial charge in [0.25, 0.3) is 0 Å². The van der Waals surface area contributed by atoms with E-state index in [1.165, 1.54) is 11.8 Å². The van der Waals surface area contributed by atoms with Crippen LogP contribution >= 0.6 is 24.0 Å². The van der Waals surface area contributed by atoms with Crippen LogP contribution in [-0.4, -0.2) is 15.6 Å². The number of thioether (sulfide) groups is 1. The molecule has 0 heterocycles. The van der Waals surface area contributed by atoms with Gasteiger partial charge < -0.3 is 5.11 Å². The normalized spacial score (nSPS) is 10.4. The maximum Gasteiger partial charge on any atom is 0.111 e. The van der Waals surface area contributed by atoms with Crippen molar-refractivity contribution in [3.05, 3.63) is 11.8 Å². The van der Waals surface area contributed by atoms with Crippen LogP contribution in [0.1, 0.15) is 0 Å². The third-order valence-corrected chi connectivity index (χ3v) is 1.97. The summed E-state index contributed by atoms with van der Waals surface area (Å²) in [6, 6.07) is 1.75. The van der Waals surface area contributed by atoms with E-state index in [-0.39, 0.29) is 5.57 Å². The molecule has 0 aromatic carbocycles. The number of aliphatic hydroxyl groups excluding tert-OH is 1. The van der Waals surface area contributed by atoms with E-state index in [0.29, 0.717) is 4.20 Å². The Balaban J connectivity index is 4.19. The van der Waals surface area contributed by atoms with Crippen LogP contribution in [-0.2, 0) is 0 Å². The molecule has 0 aliphatic rings. The third-order valence-electron chi connectivity index (χ3n) is 0.655. The van der Waals surface area contributed by atoms with Crippen molar-refractivity contribution < 1.29 is 5.11 Å². The van der Waals surface area contributed by atoms with Gasteiger partial charge in [0.1, 0.15) is 11.6 Å². The summed E-state index contributed by atoms with van der Waals surface area (Å²) in [5.74, 6) is 0. The molecule has 0 fully saturated rings. The van der Waals surface area contributed by atoms with E-state index in [0.717, 1.165) is 6.26 Å². The molecule has 48 valence electrons. The SMILES string of the molecule is CSC(=S)C(C#N)=CO. The number of hydrogen-bond donors (Lipinski definition) is 1. The summed E-state index contributed by atoms with van der Waals surface area (Å²) in [5, 5.41) is 16.6. The lowest BCUT2D eigenvalue weighted by Crippen LogP contribution is -1.89. The van der Waals surface area contributed by atoms with Crippen LogP contribution in [0.2, 0.25) is 0 Å². The summed E-state index contributed by atoms with van der Waals surface area (Å²) >= 11 is 5.95. The number of rotatable bonds is 1. The molecule has 4 heteroatoms. The number of thiocarbonyl (C=S) groups is 1. The van der Waals surface area contributed by atoms with Gasteiger partial charge in [-0.3, -0.25) is 0 Å². The van der Waals surface area contributed by atoms with E-state index >= 15 is 0 Å². The highest BCUT2D eigenvalue weighted by molar-refractivity contribution is 8.23. The van der Waals surface area contributed by atoms with Crippen LogP contribution in [0.4, 0.5) is 0 Å². The zero-order chi connectivity index (χ0) is 7.28. The molecule has 2 nitrogen and oxygen atoms in total. The Morgan fingerprint density at radius 2 is 2.44 bits per heavy atom. The molecule has 0 amide bonds. The monoisotopic (exact) mass is 159 g/mol. The molecule has 0 aromatic rings. The van der Waals surface area contributed by atoms with Crippen LogP contribution in [0.15, 0.2) is 11.8 Å². The largest absolute Gasteiger partial charge is 0.514 e. The molecule has 0 aromatic heterocycles. The van der Waals surface area contributed by atoms with Gasteiger partial charge in [-0.25, -0.2) is 0 Å². The average Bonchev–Trinajstić information content (AvgIpc) is 1.90. The van der Waals surface area contributed by atoms with E-state index < -0.39 is 0 Å². The molecule has 0 unspecified atom stereocenters. The fourth-order valence-corrected chi connectivity index (χ4v) is 0.654. The summed E-state index contributed by atoms with van der Waals surface area (Å²) < 4.78 is 0.417. The zero-order valence-corrected chi connectivity index (χ0v) is 6.42. The van der Waals surface area contributed by atoms with Gasteiger partial charge in [-0.15, -0.1) is 11.8 Å². The second-order valence-corrected chi connectivity index (χ2v) is 2.63. The Kier molecular flexibility index (Phi) is 4.10. The van der Waals surface area contributed by atoms with Crippen molar-refractivity contribution in [1.29, 1.82) is 5.26 Å². The second kappa shape index (κ2) is 4.36. The first-order chi connectivity index (χ1) is 4.26. The maximum absolute atomic E-state index is 8.34. The fourth-order valence-electron chi connectivity index (χ4n) is 0.237. The minimum absolute atomic E-state index is 0.150. The third kappa shape index (κ3) is 2.49. The predicted octanol–water partition coefficient (Wildman–Crippen LogP) is 1.64. The highest BCUT2D eigenvalue weighted by Crippen LogP contribution is 2.07. The number of nitriles is 1. The van der Waals surface area contributed by atoms with Crippen molar-refractivity contribution >= 4 is 28.2 Å². The summed E-state index contributed by atoms with van der Waals surface area (Å²) in [6.45, 7) is 0. The van der Waals surface area contributed by atoms with E-state index in [2.05, 4.69) is 12.2 Å². The Morgan fingerprint density at radius 3 is 2.56 bits per heavy atom. The molecule has 0 rings (SSSR count). The number of hydrogen-bond acceptors (Lipinski definition) is 4. The Bertz CT molecular complexity index is 180. The molecule has 0 aliphatic carbocycles. The lowest BCUT2D eigenvalue weighted by molar-refractivity contribution is 0.472. The highest BCUT2D eigenvalue weighted by Gasteiger charge is 1.99. The highest BCUT2D eigenvalue weighted by atomic mass is 32.2. The van der Waals surface area contributed by atoms with Crippen LogP contribution in [0, 0.1) is 11.3 Å². The summed E-state index contributed by atoms with van der Waals surface area (Å²) in [5.41, 5.74) is 0.150. The molecule has 0 aliphatic heterocycles. The van der Waals surface area contributed by atoms with Crippen molar-refractivity contribution in [2.45, 2.75) is 0 Å². The molecule has 1 N–H and O–H groups in total. The Labute approximate surface area is 63.2 Å². The molecule has 0 radical (unpaired) electrons. The lowest BCUT2D eigenvalue weighted by atomic mass is 10.4. The van der Waals surface area contributed by atoms with Crippen LogP contribution < -0.4 is 0 Å². The van der Waals surface area contributed by atoms with E-state index in [4.69, 9.17) is 10.4 Å². The molecular weight excluding hydrogens is 154 g/mol. The van der Waals surface area contributed by atoms with Crippen molar-refractivity contribution in [2.75, 3.05) is 6.26 Å². The van der Waals surface area contributed by atoms with Crippen LogP contribution in [0.3, 0.4) is 0 Å². The Morgan fingerprint density at radius 1 is 1.89 bits per heavy atom. The lowest BCUT2D eigenvalue weighted by Gasteiger charge is -1.90. The predicted molar refractivity (Wildman–Crippen MR) is 42.4 cm³/mol. The van der Waals surface area contributed by atoms with Crippen molar-refractivity contribution in [1.82, 2.24) is 0 Å². The molecule has 9 heavy (non-hydrogen) atoms. The van der Waals surface area contributed by atoms with Crippen LogP contribution in [0.5, 0.6) is 0 Å². The molecule has 0 atom stereocenters. The topological polar surface area (TPSA) is 44.0 Å². The molecule has 0 saturated carbocycles. The van der Waals surface area contributed by atoms with Crippen molar-refractivity contribution in [2.24, 2.45) is 0 Å². The van der Waals surface area contributed by atoms with Gasteiger partial charge in [-0.2, -0.15) is 5.26 Å². The smallest absolute Gasteiger partial charge is 0.111 e. The quantitative estimate of drug-likeness (QED) is 0.273. The average molecular weight is 159 g/mol. The standard InChI is InChI=1S/C5H5NOS2/c1-9-5(8)4(2-6)3-7/h3,7H,1H3. The number of nitrogens with zero attached hydrogens (tertiary/aromatic N) is 1. The number of aliphatic hydroxyl groups is 1. The molecular formula is C5H5NOS2. The molecule has 0 bridgehead atoms. The Hall–Kier alpha value is -0.530. The van der Waals surface area contributed by atoms with Gasteiger partial charge in [0.05, 0.1) is 10.5 Å². The summed E-state index contributed by atoms with van der Waals surface area (Å²) in [7, 11) is 0. The van der Waals surface area contributed by atoms with Gasteiger partial charge >= 0.3 is 0 Å². The van der Waals surface area contributed by atoms with E-state index in [1.54, 1.807) is 12.3 Å². The first kappa shape index (κ1) is 8.47. The summed E-state index contributed by atoms with van der Waals surface area (Å²) in [6.07, 6.45) is 2.47. The fraction of sp³-hybridized carbons (Fsp3) is 0.200. The van der Waals surface area contributed by atoms with Crippen molar-refractivity contribution in [3.63, 3.8) is 0 Å². The van der Waals surface area contributed by atoms with Gasteiger partial charge in [0, 0.05) is 0 Å².